The molecule has 0 aliphatic rings. The van der Waals surface area contributed by atoms with Crippen LogP contribution in [0.5, 0.6) is 0 Å². The van der Waals surface area contributed by atoms with Crippen molar-refractivity contribution in [1.29, 1.82) is 0 Å². The van der Waals surface area contributed by atoms with Gasteiger partial charge in [0.15, 0.2) is 8.68 Å². The summed E-state index contributed by atoms with van der Waals surface area (Å²) in [5.74, 6) is 0.940. The van der Waals surface area contributed by atoms with E-state index in [1.807, 2.05) is 6.92 Å². The van der Waals surface area contributed by atoms with E-state index in [-0.39, 0.29) is 11.7 Å². The third-order valence-corrected chi connectivity index (χ3v) is 7.01. The standard InChI is InChI=1S/C15H14FN5OS4/c1-9-18-20-14(25-9)23-7-6-12(22)17-13-19-21-15(26-13)24-8-10-2-4-11(16)5-3-10/h2-5H,6-8H2,1H3,(H,17,19,22). The Labute approximate surface area is 166 Å². The van der Waals surface area contributed by atoms with Gasteiger partial charge in [0, 0.05) is 17.9 Å². The maximum atomic E-state index is 12.9. The third kappa shape index (κ3) is 6.01. The van der Waals surface area contributed by atoms with Crippen molar-refractivity contribution in [3.8, 4) is 0 Å². The maximum absolute atomic E-state index is 12.9. The van der Waals surface area contributed by atoms with Crippen molar-refractivity contribution in [2.45, 2.75) is 27.8 Å². The number of rotatable bonds is 8. The highest BCUT2D eigenvalue weighted by Gasteiger charge is 2.10. The van der Waals surface area contributed by atoms with Crippen LogP contribution in [0.2, 0.25) is 0 Å². The number of hydrogen-bond acceptors (Lipinski definition) is 9. The van der Waals surface area contributed by atoms with E-state index in [9.17, 15) is 9.18 Å². The van der Waals surface area contributed by atoms with E-state index in [0.29, 0.717) is 23.1 Å². The number of nitrogens with zero attached hydrogens (tertiary/aromatic N) is 4. The molecule has 0 spiro atoms. The highest BCUT2D eigenvalue weighted by Crippen LogP contribution is 2.28. The van der Waals surface area contributed by atoms with Crippen LogP contribution in [0.15, 0.2) is 32.9 Å². The van der Waals surface area contributed by atoms with Crippen molar-refractivity contribution in [2.75, 3.05) is 11.1 Å². The normalized spacial score (nSPS) is 10.8. The molecule has 1 aromatic carbocycles. The topological polar surface area (TPSA) is 80.7 Å². The predicted molar refractivity (Wildman–Crippen MR) is 104 cm³/mol. The summed E-state index contributed by atoms with van der Waals surface area (Å²) in [5.41, 5.74) is 1.00. The Bertz CT molecular complexity index is 867. The van der Waals surface area contributed by atoms with Gasteiger partial charge in [-0.05, 0) is 24.6 Å². The first-order chi connectivity index (χ1) is 12.6. The maximum Gasteiger partial charge on any atom is 0.227 e. The fourth-order valence-corrected chi connectivity index (χ4v) is 5.34. The van der Waals surface area contributed by atoms with Crippen LogP contribution in [0, 0.1) is 12.7 Å². The summed E-state index contributed by atoms with van der Waals surface area (Å²) in [6, 6.07) is 6.35. The van der Waals surface area contributed by atoms with Gasteiger partial charge in [-0.15, -0.1) is 20.4 Å². The van der Waals surface area contributed by atoms with E-state index in [4.69, 9.17) is 0 Å². The van der Waals surface area contributed by atoms with Gasteiger partial charge in [-0.1, -0.05) is 58.3 Å². The number of thioether (sulfide) groups is 2. The lowest BCUT2D eigenvalue weighted by atomic mass is 10.2. The fraction of sp³-hybridized carbons (Fsp3) is 0.267. The molecule has 2 aromatic heterocycles. The molecular formula is C15H14FN5OS4. The average Bonchev–Trinajstić information content (AvgIpc) is 3.23. The molecule has 0 unspecified atom stereocenters. The van der Waals surface area contributed by atoms with Gasteiger partial charge in [0.05, 0.1) is 0 Å². The SMILES string of the molecule is Cc1nnc(SCCC(=O)Nc2nnc(SCc3ccc(F)cc3)s2)s1. The monoisotopic (exact) mass is 427 g/mol. The Hall–Kier alpha value is -1.56. The lowest BCUT2D eigenvalue weighted by molar-refractivity contribution is -0.115. The molecule has 1 N–H and O–H groups in total. The van der Waals surface area contributed by atoms with Crippen LogP contribution in [0.4, 0.5) is 9.52 Å². The van der Waals surface area contributed by atoms with Gasteiger partial charge in [0.1, 0.15) is 10.8 Å². The molecule has 26 heavy (non-hydrogen) atoms. The van der Waals surface area contributed by atoms with E-state index >= 15 is 0 Å². The quantitative estimate of drug-likeness (QED) is 0.425. The number of aromatic nitrogens is 4. The van der Waals surface area contributed by atoms with Crippen molar-refractivity contribution < 1.29 is 9.18 Å². The molecule has 0 saturated heterocycles. The summed E-state index contributed by atoms with van der Waals surface area (Å²) in [5, 5.41) is 20.1. The Kier molecular flexibility index (Phi) is 6.94. The van der Waals surface area contributed by atoms with E-state index in [1.165, 1.54) is 58.3 Å². The molecule has 11 heteroatoms. The summed E-state index contributed by atoms with van der Waals surface area (Å²) in [4.78, 5) is 12.0. The second-order valence-electron chi connectivity index (χ2n) is 5.02. The minimum absolute atomic E-state index is 0.107. The molecule has 6 nitrogen and oxygen atoms in total. The largest absolute Gasteiger partial charge is 0.300 e. The van der Waals surface area contributed by atoms with Crippen LogP contribution in [0.25, 0.3) is 0 Å². The second kappa shape index (κ2) is 9.40. The average molecular weight is 428 g/mol. The molecule has 2 heterocycles. The number of aryl methyl sites for hydroxylation is 1. The number of anilines is 1. The van der Waals surface area contributed by atoms with Gasteiger partial charge in [-0.2, -0.15) is 0 Å². The summed E-state index contributed by atoms with van der Waals surface area (Å²) < 4.78 is 14.5. The third-order valence-electron chi connectivity index (χ3n) is 2.99. The zero-order valence-corrected chi connectivity index (χ0v) is 16.9. The number of benzene rings is 1. The van der Waals surface area contributed by atoms with E-state index in [2.05, 4.69) is 25.7 Å². The van der Waals surface area contributed by atoms with Gasteiger partial charge >= 0.3 is 0 Å². The number of halogens is 1. The van der Waals surface area contributed by atoms with Gasteiger partial charge in [0.25, 0.3) is 0 Å². The van der Waals surface area contributed by atoms with Crippen LogP contribution in [-0.4, -0.2) is 32.1 Å². The molecule has 0 atom stereocenters. The Morgan fingerprint density at radius 1 is 1.08 bits per heavy atom. The zero-order chi connectivity index (χ0) is 18.4. The number of carbonyl (C=O) groups is 1. The highest BCUT2D eigenvalue weighted by molar-refractivity contribution is 8.01. The van der Waals surface area contributed by atoms with Crippen molar-refractivity contribution in [3.05, 3.63) is 40.7 Å². The summed E-state index contributed by atoms with van der Waals surface area (Å²) >= 11 is 5.85. The minimum atomic E-state index is -0.251. The van der Waals surface area contributed by atoms with Gasteiger partial charge < -0.3 is 5.32 Å². The Morgan fingerprint density at radius 3 is 2.54 bits per heavy atom. The minimum Gasteiger partial charge on any atom is -0.300 e. The van der Waals surface area contributed by atoms with Gasteiger partial charge in [-0.25, -0.2) is 4.39 Å². The molecule has 3 aromatic rings. The number of carbonyl (C=O) groups excluding carboxylic acids is 1. The molecule has 136 valence electrons. The first kappa shape index (κ1) is 19.2. The van der Waals surface area contributed by atoms with Gasteiger partial charge in [-0.3, -0.25) is 4.79 Å². The van der Waals surface area contributed by atoms with Crippen LogP contribution in [-0.2, 0) is 10.5 Å². The number of nitrogens with one attached hydrogen (secondary N) is 1. The van der Waals surface area contributed by atoms with Crippen molar-refractivity contribution >= 4 is 57.2 Å². The first-order valence-electron chi connectivity index (χ1n) is 7.52. The summed E-state index contributed by atoms with van der Waals surface area (Å²) in [6.07, 6.45) is 0.362. The van der Waals surface area contributed by atoms with E-state index < -0.39 is 0 Å². The van der Waals surface area contributed by atoms with Crippen molar-refractivity contribution in [3.63, 3.8) is 0 Å². The van der Waals surface area contributed by atoms with Crippen molar-refractivity contribution in [2.24, 2.45) is 0 Å². The van der Waals surface area contributed by atoms with Crippen LogP contribution >= 0.6 is 46.2 Å². The van der Waals surface area contributed by atoms with E-state index in [0.717, 1.165) is 19.3 Å². The zero-order valence-electron chi connectivity index (χ0n) is 13.6. The smallest absolute Gasteiger partial charge is 0.227 e. The molecule has 0 aliphatic carbocycles. The predicted octanol–water partition coefficient (Wildman–Crippen LogP) is 4.25. The highest BCUT2D eigenvalue weighted by atomic mass is 32.2. The molecule has 0 fully saturated rings. The molecule has 3 rings (SSSR count). The van der Waals surface area contributed by atoms with Crippen LogP contribution in [0.3, 0.4) is 0 Å². The lowest BCUT2D eigenvalue weighted by Crippen LogP contribution is -2.11. The van der Waals surface area contributed by atoms with Crippen LogP contribution in [0.1, 0.15) is 17.0 Å². The van der Waals surface area contributed by atoms with Crippen LogP contribution < -0.4 is 5.32 Å². The molecule has 0 saturated carbocycles. The fourth-order valence-electron chi connectivity index (χ4n) is 1.79. The summed E-state index contributed by atoms with van der Waals surface area (Å²) in [6.45, 7) is 1.90. The van der Waals surface area contributed by atoms with Crippen molar-refractivity contribution in [1.82, 2.24) is 20.4 Å². The molecule has 1 amide bonds. The molecule has 0 aliphatic heterocycles. The first-order valence-corrected chi connectivity index (χ1v) is 11.1. The Balaban J connectivity index is 1.41. The molecule has 0 bridgehead atoms. The number of hydrogen-bond donors (Lipinski definition) is 1. The molecule has 0 radical (unpaired) electrons. The number of amides is 1. The molecular weight excluding hydrogens is 413 g/mol. The summed E-state index contributed by atoms with van der Waals surface area (Å²) in [7, 11) is 0. The van der Waals surface area contributed by atoms with Gasteiger partial charge in [0.2, 0.25) is 11.0 Å². The second-order valence-corrected chi connectivity index (χ2v) is 9.75. The van der Waals surface area contributed by atoms with E-state index in [1.54, 1.807) is 12.1 Å². The lowest BCUT2D eigenvalue weighted by Gasteiger charge is -1.99. The Morgan fingerprint density at radius 2 is 1.81 bits per heavy atom.